The van der Waals surface area contributed by atoms with E-state index in [9.17, 15) is 22.8 Å². The van der Waals surface area contributed by atoms with Gasteiger partial charge in [-0.25, -0.2) is 8.78 Å². The summed E-state index contributed by atoms with van der Waals surface area (Å²) in [5.41, 5.74) is -0.666. The van der Waals surface area contributed by atoms with Gasteiger partial charge in [0, 0.05) is 18.2 Å². The van der Waals surface area contributed by atoms with E-state index in [2.05, 4.69) is 10.5 Å². The van der Waals surface area contributed by atoms with Crippen LogP contribution in [0.3, 0.4) is 0 Å². The second-order valence-corrected chi connectivity index (χ2v) is 7.95. The molecule has 1 saturated heterocycles. The number of halogens is 3. The Morgan fingerprint density at radius 1 is 1.17 bits per heavy atom. The highest BCUT2D eigenvalue weighted by molar-refractivity contribution is 5.97. The van der Waals surface area contributed by atoms with Gasteiger partial charge in [0.2, 0.25) is 23.2 Å². The van der Waals surface area contributed by atoms with Crippen LogP contribution in [-0.4, -0.2) is 40.5 Å². The van der Waals surface area contributed by atoms with Crippen LogP contribution in [0.15, 0.2) is 22.7 Å². The second-order valence-electron chi connectivity index (χ2n) is 7.95. The van der Waals surface area contributed by atoms with Gasteiger partial charge in [-0.15, -0.1) is 0 Å². The zero-order chi connectivity index (χ0) is 21.4. The number of nitrogens with zero attached hydrogens (tertiary/aromatic N) is 2. The number of carbonyl (C=O) groups excluding carboxylic acids is 2. The summed E-state index contributed by atoms with van der Waals surface area (Å²) in [6, 6.07) is 1.74. The summed E-state index contributed by atoms with van der Waals surface area (Å²) in [6.07, 6.45) is 5.26. The van der Waals surface area contributed by atoms with Gasteiger partial charge in [-0.2, -0.15) is 4.39 Å². The lowest BCUT2D eigenvalue weighted by molar-refractivity contribution is -0.129. The van der Waals surface area contributed by atoms with E-state index in [1.807, 2.05) is 0 Å². The van der Waals surface area contributed by atoms with Crippen LogP contribution in [0.4, 0.5) is 13.2 Å². The van der Waals surface area contributed by atoms with Gasteiger partial charge in [0.25, 0.3) is 5.91 Å². The molecule has 0 bridgehead atoms. The molecule has 1 aliphatic heterocycles. The Balaban J connectivity index is 1.59. The number of hydrogen-bond acceptors (Lipinski definition) is 4. The quantitative estimate of drug-likeness (QED) is 0.821. The minimum absolute atomic E-state index is 0.0810. The van der Waals surface area contributed by atoms with Gasteiger partial charge >= 0.3 is 0 Å². The average Bonchev–Trinajstić information content (AvgIpc) is 3.13. The van der Waals surface area contributed by atoms with Crippen molar-refractivity contribution in [2.45, 2.75) is 51.1 Å². The molecule has 1 aromatic heterocycles. The summed E-state index contributed by atoms with van der Waals surface area (Å²) >= 11 is 0. The maximum absolute atomic E-state index is 14.9. The van der Waals surface area contributed by atoms with Crippen LogP contribution in [0.2, 0.25) is 0 Å². The molecule has 30 heavy (non-hydrogen) atoms. The number of amides is 2. The molecule has 1 aromatic carbocycles. The van der Waals surface area contributed by atoms with E-state index in [1.165, 1.54) is 4.90 Å². The van der Waals surface area contributed by atoms with E-state index in [4.69, 9.17) is 4.52 Å². The van der Waals surface area contributed by atoms with E-state index < -0.39 is 40.9 Å². The molecule has 2 unspecified atom stereocenters. The average molecular weight is 421 g/mol. The molecule has 2 heterocycles. The normalized spacial score (nSPS) is 22.8. The molecule has 1 aliphatic carbocycles. The fourth-order valence-corrected chi connectivity index (χ4v) is 4.29. The highest BCUT2D eigenvalue weighted by Crippen LogP contribution is 2.31. The minimum atomic E-state index is -1.17. The number of benzene rings is 1. The minimum Gasteiger partial charge on any atom is -0.352 e. The topological polar surface area (TPSA) is 75.4 Å². The van der Waals surface area contributed by atoms with E-state index in [1.54, 1.807) is 6.92 Å². The van der Waals surface area contributed by atoms with Crippen LogP contribution in [0, 0.1) is 23.4 Å². The maximum Gasteiger partial charge on any atom is 0.279 e. The third kappa shape index (κ3) is 3.68. The molecule has 0 radical (unpaired) electrons. The first-order valence-corrected chi connectivity index (χ1v) is 10.1. The first kappa shape index (κ1) is 20.4. The van der Waals surface area contributed by atoms with Crippen molar-refractivity contribution < 1.29 is 27.3 Å². The van der Waals surface area contributed by atoms with Gasteiger partial charge in [-0.05, 0) is 43.9 Å². The molecule has 9 heteroatoms. The summed E-state index contributed by atoms with van der Waals surface area (Å²) in [6.45, 7) is 1.82. The third-order valence-electron chi connectivity index (χ3n) is 6.07. The largest absolute Gasteiger partial charge is 0.352 e. The van der Waals surface area contributed by atoms with Gasteiger partial charge in [0.05, 0.1) is 0 Å². The van der Waals surface area contributed by atoms with Crippen molar-refractivity contribution in [2.24, 2.45) is 5.92 Å². The molecular formula is C21H22F3N3O3. The molecule has 2 aromatic rings. The van der Waals surface area contributed by atoms with Crippen molar-refractivity contribution in [1.29, 1.82) is 0 Å². The van der Waals surface area contributed by atoms with Crippen LogP contribution in [0.5, 0.6) is 0 Å². The molecule has 6 nitrogen and oxygen atoms in total. The van der Waals surface area contributed by atoms with E-state index in [-0.39, 0.29) is 30.0 Å². The predicted molar refractivity (Wildman–Crippen MR) is 101 cm³/mol. The standard InChI is InChI=1S/C21H22F3N3O3/c1-11-20(28)25-16(12-5-3-2-4-6-12)10-27(11)21(29)18-17(24)19(30-26-18)13-7-8-14(22)15(23)9-13/h7-9,11-12,16H,2-6,10H2,1H3,(H,25,28). The number of hydrogen-bond donors (Lipinski definition) is 1. The summed E-state index contributed by atoms with van der Waals surface area (Å²) in [7, 11) is 0. The van der Waals surface area contributed by atoms with Gasteiger partial charge < -0.3 is 14.7 Å². The smallest absolute Gasteiger partial charge is 0.279 e. The summed E-state index contributed by atoms with van der Waals surface area (Å²) in [5, 5.41) is 6.51. The highest BCUT2D eigenvalue weighted by atomic mass is 19.2. The molecular weight excluding hydrogens is 399 g/mol. The van der Waals surface area contributed by atoms with Crippen LogP contribution in [0.1, 0.15) is 49.5 Å². The number of nitrogens with one attached hydrogen (secondary N) is 1. The molecule has 2 atom stereocenters. The van der Waals surface area contributed by atoms with E-state index >= 15 is 0 Å². The summed E-state index contributed by atoms with van der Waals surface area (Å²) in [4.78, 5) is 26.8. The predicted octanol–water partition coefficient (Wildman–Crippen LogP) is 3.67. The molecule has 2 aliphatic rings. The van der Waals surface area contributed by atoms with Crippen molar-refractivity contribution >= 4 is 11.8 Å². The Morgan fingerprint density at radius 3 is 2.60 bits per heavy atom. The fourth-order valence-electron chi connectivity index (χ4n) is 4.29. The number of carbonyl (C=O) groups is 2. The first-order valence-electron chi connectivity index (χ1n) is 10.1. The van der Waals surface area contributed by atoms with Crippen LogP contribution < -0.4 is 5.32 Å². The van der Waals surface area contributed by atoms with Crippen LogP contribution in [0.25, 0.3) is 11.3 Å². The Kier molecular flexibility index (Phi) is 5.53. The Bertz CT molecular complexity index is 972. The van der Waals surface area contributed by atoms with Gasteiger partial charge in [-0.3, -0.25) is 9.59 Å². The molecule has 2 fully saturated rings. The fraction of sp³-hybridized carbons (Fsp3) is 0.476. The van der Waals surface area contributed by atoms with E-state index in [0.29, 0.717) is 0 Å². The number of piperazine rings is 1. The zero-order valence-corrected chi connectivity index (χ0v) is 16.5. The summed E-state index contributed by atoms with van der Waals surface area (Å²) in [5.74, 6) is -4.59. The maximum atomic E-state index is 14.9. The van der Waals surface area contributed by atoms with Gasteiger partial charge in [0.1, 0.15) is 6.04 Å². The van der Waals surface area contributed by atoms with Crippen molar-refractivity contribution in [3.05, 3.63) is 41.3 Å². The molecule has 160 valence electrons. The van der Waals surface area contributed by atoms with Gasteiger partial charge in [-0.1, -0.05) is 24.4 Å². The third-order valence-corrected chi connectivity index (χ3v) is 6.07. The zero-order valence-electron chi connectivity index (χ0n) is 16.5. The first-order chi connectivity index (χ1) is 14.4. The molecule has 2 amide bonds. The van der Waals surface area contributed by atoms with Crippen molar-refractivity contribution in [2.75, 3.05) is 6.54 Å². The van der Waals surface area contributed by atoms with E-state index in [0.717, 1.165) is 50.3 Å². The molecule has 4 rings (SSSR count). The Labute approximate surface area is 171 Å². The van der Waals surface area contributed by atoms with Crippen molar-refractivity contribution in [1.82, 2.24) is 15.4 Å². The van der Waals surface area contributed by atoms with Crippen molar-refractivity contribution in [3.63, 3.8) is 0 Å². The number of aromatic nitrogens is 1. The van der Waals surface area contributed by atoms with Crippen molar-refractivity contribution in [3.8, 4) is 11.3 Å². The van der Waals surface area contributed by atoms with Gasteiger partial charge in [0.15, 0.2) is 11.6 Å². The molecule has 1 N–H and O–H groups in total. The number of rotatable bonds is 3. The van der Waals surface area contributed by atoms with Crippen LogP contribution >= 0.6 is 0 Å². The lowest BCUT2D eigenvalue weighted by atomic mass is 9.82. The Hall–Kier alpha value is -2.84. The Morgan fingerprint density at radius 2 is 1.90 bits per heavy atom. The van der Waals surface area contributed by atoms with Crippen LogP contribution in [-0.2, 0) is 4.79 Å². The summed E-state index contributed by atoms with van der Waals surface area (Å²) < 4.78 is 46.5. The molecule has 1 saturated carbocycles. The lowest BCUT2D eigenvalue weighted by Crippen LogP contribution is -2.62. The highest BCUT2D eigenvalue weighted by Gasteiger charge is 2.40. The lowest BCUT2D eigenvalue weighted by Gasteiger charge is -2.41. The second kappa shape index (κ2) is 8.12. The monoisotopic (exact) mass is 421 g/mol. The molecule has 0 spiro atoms. The SMILES string of the molecule is CC1C(=O)NC(C2CCCCC2)CN1C(=O)c1noc(-c2ccc(F)c(F)c2)c1F.